The van der Waals surface area contributed by atoms with E-state index in [2.05, 4.69) is 66.8 Å². The minimum absolute atomic E-state index is 0.0601. The fourth-order valence-corrected chi connectivity index (χ4v) is 4.43. The van der Waals surface area contributed by atoms with E-state index in [0.29, 0.717) is 12.6 Å². The molecule has 0 unspecified atom stereocenters. The Labute approximate surface area is 174 Å². The van der Waals surface area contributed by atoms with Gasteiger partial charge in [-0.3, -0.25) is 0 Å². The Balaban J connectivity index is 1.42. The van der Waals surface area contributed by atoms with Crippen molar-refractivity contribution >= 4 is 6.03 Å². The van der Waals surface area contributed by atoms with Gasteiger partial charge in [0.25, 0.3) is 0 Å². The molecule has 0 atom stereocenters. The lowest BCUT2D eigenvalue weighted by Gasteiger charge is -2.28. The van der Waals surface area contributed by atoms with E-state index < -0.39 is 0 Å². The molecule has 2 aromatic carbocycles. The smallest absolute Gasteiger partial charge is 0.317 e. The fraction of sp³-hybridized carbons (Fsp3) is 0.480. The van der Waals surface area contributed by atoms with Gasteiger partial charge in [-0.15, -0.1) is 0 Å². The molecule has 2 fully saturated rings. The molecule has 2 aliphatic carbocycles. The van der Waals surface area contributed by atoms with Crippen LogP contribution in [0.5, 0.6) is 0 Å². The van der Waals surface area contributed by atoms with E-state index in [1.54, 1.807) is 0 Å². The lowest BCUT2D eigenvalue weighted by atomic mass is 9.98. The number of carbonyl (C=O) groups excluding carboxylic acids is 1. The Kier molecular flexibility index (Phi) is 5.91. The van der Waals surface area contributed by atoms with Gasteiger partial charge in [-0.25, -0.2) is 4.79 Å². The maximum Gasteiger partial charge on any atom is 0.317 e. The SMILES string of the molecule is CN(C)Cc1ccc(-c2ccccc2CNC(=O)N(C)C(C2CC2)C2CC2)cc1. The second kappa shape index (κ2) is 8.58. The van der Waals surface area contributed by atoms with Crippen molar-refractivity contribution in [3.05, 3.63) is 59.7 Å². The Hall–Kier alpha value is -2.33. The van der Waals surface area contributed by atoms with Crippen LogP contribution >= 0.6 is 0 Å². The third kappa shape index (κ3) is 4.99. The van der Waals surface area contributed by atoms with E-state index in [1.807, 2.05) is 18.0 Å². The van der Waals surface area contributed by atoms with Gasteiger partial charge >= 0.3 is 6.03 Å². The Bertz CT molecular complexity index is 825. The summed E-state index contributed by atoms with van der Waals surface area (Å²) in [4.78, 5) is 17.0. The molecule has 29 heavy (non-hydrogen) atoms. The van der Waals surface area contributed by atoms with E-state index in [-0.39, 0.29) is 6.03 Å². The Morgan fingerprint density at radius 2 is 1.59 bits per heavy atom. The zero-order chi connectivity index (χ0) is 20.4. The van der Waals surface area contributed by atoms with E-state index >= 15 is 0 Å². The quantitative estimate of drug-likeness (QED) is 0.705. The van der Waals surface area contributed by atoms with Gasteiger partial charge in [-0.05, 0) is 73.9 Å². The molecule has 154 valence electrons. The van der Waals surface area contributed by atoms with Crippen LogP contribution in [0, 0.1) is 11.8 Å². The maximum atomic E-state index is 12.8. The molecule has 4 heteroatoms. The van der Waals surface area contributed by atoms with Gasteiger partial charge in [0.1, 0.15) is 0 Å². The summed E-state index contributed by atoms with van der Waals surface area (Å²) in [5.41, 5.74) is 4.84. The molecule has 1 N–H and O–H groups in total. The van der Waals surface area contributed by atoms with Crippen molar-refractivity contribution in [2.45, 2.75) is 44.8 Å². The third-order valence-corrected chi connectivity index (χ3v) is 6.19. The van der Waals surface area contributed by atoms with Crippen LogP contribution in [-0.4, -0.2) is 43.0 Å². The van der Waals surface area contributed by atoms with Gasteiger partial charge in [-0.2, -0.15) is 0 Å². The Morgan fingerprint density at radius 1 is 0.966 bits per heavy atom. The number of benzene rings is 2. The molecule has 4 nitrogen and oxygen atoms in total. The first-order valence-corrected chi connectivity index (χ1v) is 10.9. The zero-order valence-corrected chi connectivity index (χ0v) is 17.9. The monoisotopic (exact) mass is 391 g/mol. The van der Waals surface area contributed by atoms with Crippen molar-refractivity contribution in [1.29, 1.82) is 0 Å². The summed E-state index contributed by atoms with van der Waals surface area (Å²) in [7, 11) is 6.14. The summed E-state index contributed by atoms with van der Waals surface area (Å²) >= 11 is 0. The highest BCUT2D eigenvalue weighted by Crippen LogP contribution is 2.46. The molecule has 0 aromatic heterocycles. The molecule has 2 saturated carbocycles. The highest BCUT2D eigenvalue weighted by Gasteiger charge is 2.44. The van der Waals surface area contributed by atoms with Gasteiger partial charge in [0.15, 0.2) is 0 Å². The number of carbonyl (C=O) groups is 1. The van der Waals surface area contributed by atoms with Crippen LogP contribution in [-0.2, 0) is 13.1 Å². The largest absolute Gasteiger partial charge is 0.334 e. The van der Waals surface area contributed by atoms with Gasteiger partial charge in [-0.1, -0.05) is 48.5 Å². The minimum atomic E-state index is 0.0601. The highest BCUT2D eigenvalue weighted by molar-refractivity contribution is 5.75. The van der Waals surface area contributed by atoms with Gasteiger partial charge < -0.3 is 15.1 Å². The van der Waals surface area contributed by atoms with Crippen LogP contribution in [0.3, 0.4) is 0 Å². The summed E-state index contributed by atoms with van der Waals surface area (Å²) < 4.78 is 0. The summed E-state index contributed by atoms with van der Waals surface area (Å²) in [5.74, 6) is 1.46. The number of nitrogens with one attached hydrogen (secondary N) is 1. The van der Waals surface area contributed by atoms with Crippen LogP contribution < -0.4 is 5.32 Å². The molecule has 2 aromatic rings. The standard InChI is InChI=1S/C25H33N3O/c1-27(2)17-18-8-10-19(11-9-18)23-7-5-4-6-22(23)16-26-25(29)28(3)24(20-12-13-20)21-14-15-21/h4-11,20-21,24H,12-17H2,1-3H3,(H,26,29). The summed E-state index contributed by atoms with van der Waals surface area (Å²) in [6.45, 7) is 1.49. The van der Waals surface area contributed by atoms with Crippen LogP contribution in [0.1, 0.15) is 36.8 Å². The van der Waals surface area contributed by atoms with Gasteiger partial charge in [0.05, 0.1) is 0 Å². The number of urea groups is 1. The van der Waals surface area contributed by atoms with Crippen molar-refractivity contribution in [3.63, 3.8) is 0 Å². The van der Waals surface area contributed by atoms with Crippen molar-refractivity contribution in [2.75, 3.05) is 21.1 Å². The second-order valence-electron chi connectivity index (χ2n) is 9.03. The lowest BCUT2D eigenvalue weighted by Crippen LogP contribution is -2.45. The molecule has 0 saturated heterocycles. The molecular formula is C25H33N3O. The van der Waals surface area contributed by atoms with E-state index in [1.165, 1.54) is 42.4 Å². The van der Waals surface area contributed by atoms with Crippen molar-refractivity contribution in [3.8, 4) is 11.1 Å². The number of nitrogens with zero attached hydrogens (tertiary/aromatic N) is 2. The summed E-state index contributed by atoms with van der Waals surface area (Å²) in [5, 5.41) is 3.17. The predicted octanol–water partition coefficient (Wildman–Crippen LogP) is 4.75. The average molecular weight is 392 g/mol. The first kappa shape index (κ1) is 20.0. The lowest BCUT2D eigenvalue weighted by molar-refractivity contribution is 0.174. The molecule has 0 spiro atoms. The van der Waals surface area contributed by atoms with Gasteiger partial charge in [0, 0.05) is 26.2 Å². The maximum absolute atomic E-state index is 12.8. The van der Waals surface area contributed by atoms with Gasteiger partial charge in [0.2, 0.25) is 0 Å². The van der Waals surface area contributed by atoms with E-state index in [9.17, 15) is 4.79 Å². The van der Waals surface area contributed by atoms with Crippen molar-refractivity contribution < 1.29 is 4.79 Å². The number of amides is 2. The molecule has 2 aliphatic rings. The van der Waals surface area contributed by atoms with Crippen molar-refractivity contribution in [1.82, 2.24) is 15.1 Å². The molecular weight excluding hydrogens is 358 g/mol. The fourth-order valence-electron chi connectivity index (χ4n) is 4.43. The van der Waals surface area contributed by atoms with E-state index in [0.717, 1.165) is 23.9 Å². The molecule has 0 aliphatic heterocycles. The molecule has 0 bridgehead atoms. The molecule has 4 rings (SSSR count). The topological polar surface area (TPSA) is 35.6 Å². The van der Waals surface area contributed by atoms with Crippen LogP contribution in [0.2, 0.25) is 0 Å². The summed E-state index contributed by atoms with van der Waals surface area (Å²) in [6, 6.07) is 17.6. The number of hydrogen-bond acceptors (Lipinski definition) is 2. The molecule has 0 radical (unpaired) electrons. The normalized spacial score (nSPS) is 16.3. The first-order chi connectivity index (χ1) is 14.0. The zero-order valence-electron chi connectivity index (χ0n) is 17.9. The molecule has 2 amide bonds. The van der Waals surface area contributed by atoms with Crippen LogP contribution in [0.4, 0.5) is 4.79 Å². The average Bonchev–Trinajstić information content (AvgIpc) is 3.62. The Morgan fingerprint density at radius 3 is 2.17 bits per heavy atom. The molecule has 0 heterocycles. The number of hydrogen-bond donors (Lipinski definition) is 1. The van der Waals surface area contributed by atoms with Crippen molar-refractivity contribution in [2.24, 2.45) is 11.8 Å². The third-order valence-electron chi connectivity index (χ3n) is 6.19. The predicted molar refractivity (Wildman–Crippen MR) is 119 cm³/mol. The van der Waals surface area contributed by atoms with Crippen LogP contribution in [0.25, 0.3) is 11.1 Å². The first-order valence-electron chi connectivity index (χ1n) is 10.9. The minimum Gasteiger partial charge on any atom is -0.334 e. The second-order valence-corrected chi connectivity index (χ2v) is 9.03. The van der Waals surface area contributed by atoms with E-state index in [4.69, 9.17) is 0 Å². The van der Waals surface area contributed by atoms with Crippen LogP contribution in [0.15, 0.2) is 48.5 Å². The highest BCUT2D eigenvalue weighted by atomic mass is 16.2. The summed E-state index contributed by atoms with van der Waals surface area (Å²) in [6.07, 6.45) is 5.13. The number of rotatable bonds is 8.